The lowest BCUT2D eigenvalue weighted by Gasteiger charge is -2.56. The van der Waals surface area contributed by atoms with Crippen LogP contribution in [0.3, 0.4) is 0 Å². The fraction of sp³-hybridized carbons (Fsp3) is 0.611. The average Bonchev–Trinajstić information content (AvgIpc) is 2.53. The Kier molecular flexibility index (Phi) is 3.81. The first-order valence-corrected chi connectivity index (χ1v) is 8.59. The summed E-state index contributed by atoms with van der Waals surface area (Å²) >= 11 is 0. The van der Waals surface area contributed by atoms with Gasteiger partial charge in [0.15, 0.2) is 23.3 Å². The molecule has 1 amide bonds. The standard InChI is InChI=1S/C18H18F5NO/c19-12-13(20)15(22)17(16(23)14(12)21)24-11(25)7-18-4-8-1-9(5-18)3-10(2-8)6-18/h8-10H,1-7H2,(H,24,25). The number of nitrogens with one attached hydrogen (secondary N) is 1. The van der Waals surface area contributed by atoms with Crippen molar-refractivity contribution in [3.05, 3.63) is 29.1 Å². The van der Waals surface area contributed by atoms with Gasteiger partial charge < -0.3 is 5.32 Å². The van der Waals surface area contributed by atoms with E-state index in [0.717, 1.165) is 19.3 Å². The number of halogens is 5. The zero-order chi connectivity index (χ0) is 17.9. The van der Waals surface area contributed by atoms with E-state index in [2.05, 4.69) is 0 Å². The first-order chi connectivity index (χ1) is 11.8. The molecule has 5 rings (SSSR count). The maximum atomic E-state index is 13.7. The number of anilines is 1. The SMILES string of the molecule is O=C(CC12CC3CC(CC(C3)C1)C2)Nc1c(F)c(F)c(F)c(F)c1F. The zero-order valence-corrected chi connectivity index (χ0v) is 13.5. The number of amides is 1. The molecular formula is C18H18F5NO. The van der Waals surface area contributed by atoms with Crippen LogP contribution in [0.1, 0.15) is 44.9 Å². The van der Waals surface area contributed by atoms with Gasteiger partial charge in [-0.1, -0.05) is 0 Å². The minimum absolute atomic E-state index is 0.0655. The largest absolute Gasteiger partial charge is 0.321 e. The van der Waals surface area contributed by atoms with Gasteiger partial charge >= 0.3 is 0 Å². The van der Waals surface area contributed by atoms with Crippen LogP contribution in [-0.4, -0.2) is 5.91 Å². The molecule has 4 aliphatic carbocycles. The molecular weight excluding hydrogens is 341 g/mol. The molecule has 0 spiro atoms. The summed E-state index contributed by atoms with van der Waals surface area (Å²) in [5.74, 6) is -9.26. The molecule has 25 heavy (non-hydrogen) atoms. The Balaban J connectivity index is 1.54. The molecule has 4 saturated carbocycles. The van der Waals surface area contributed by atoms with Crippen LogP contribution in [0.15, 0.2) is 0 Å². The van der Waals surface area contributed by atoms with Crippen LogP contribution >= 0.6 is 0 Å². The van der Waals surface area contributed by atoms with Crippen molar-refractivity contribution in [3.8, 4) is 0 Å². The lowest BCUT2D eigenvalue weighted by molar-refractivity contribution is -0.124. The summed E-state index contributed by atoms with van der Waals surface area (Å²) in [6.07, 6.45) is 6.32. The molecule has 4 fully saturated rings. The molecule has 0 aromatic heterocycles. The minimum atomic E-state index is -2.23. The van der Waals surface area contributed by atoms with Gasteiger partial charge in [0, 0.05) is 6.42 Å². The van der Waals surface area contributed by atoms with Crippen molar-refractivity contribution in [1.29, 1.82) is 0 Å². The van der Waals surface area contributed by atoms with Gasteiger partial charge in [-0.2, -0.15) is 0 Å². The van der Waals surface area contributed by atoms with E-state index in [-0.39, 0.29) is 11.8 Å². The quantitative estimate of drug-likeness (QED) is 0.463. The van der Waals surface area contributed by atoms with Crippen molar-refractivity contribution in [2.75, 3.05) is 5.32 Å². The highest BCUT2D eigenvalue weighted by molar-refractivity contribution is 5.91. The number of benzene rings is 1. The molecule has 0 unspecified atom stereocenters. The van der Waals surface area contributed by atoms with Crippen molar-refractivity contribution in [2.45, 2.75) is 44.9 Å². The monoisotopic (exact) mass is 359 g/mol. The topological polar surface area (TPSA) is 29.1 Å². The second kappa shape index (κ2) is 5.68. The van der Waals surface area contributed by atoms with Crippen molar-refractivity contribution in [1.82, 2.24) is 0 Å². The number of rotatable bonds is 3. The molecule has 0 radical (unpaired) electrons. The van der Waals surface area contributed by atoms with E-state index in [4.69, 9.17) is 0 Å². The third kappa shape index (κ3) is 2.72. The lowest BCUT2D eigenvalue weighted by Crippen LogP contribution is -2.47. The number of carbonyl (C=O) groups is 1. The van der Waals surface area contributed by atoms with Crippen LogP contribution in [0.2, 0.25) is 0 Å². The smallest absolute Gasteiger partial charge is 0.225 e. The van der Waals surface area contributed by atoms with Gasteiger partial charge in [-0.25, -0.2) is 22.0 Å². The molecule has 4 aliphatic rings. The van der Waals surface area contributed by atoms with Crippen LogP contribution in [0, 0.1) is 52.3 Å². The minimum Gasteiger partial charge on any atom is -0.321 e. The Hall–Kier alpha value is -1.66. The van der Waals surface area contributed by atoms with Gasteiger partial charge in [0.05, 0.1) is 0 Å². The zero-order valence-electron chi connectivity index (χ0n) is 13.5. The van der Waals surface area contributed by atoms with E-state index in [9.17, 15) is 26.7 Å². The van der Waals surface area contributed by atoms with Crippen molar-refractivity contribution < 1.29 is 26.7 Å². The highest BCUT2D eigenvalue weighted by Gasteiger charge is 2.51. The molecule has 0 atom stereocenters. The molecule has 4 bridgehead atoms. The van der Waals surface area contributed by atoms with Gasteiger partial charge in [-0.3, -0.25) is 4.79 Å². The first-order valence-electron chi connectivity index (χ1n) is 8.59. The Morgan fingerprint density at radius 2 is 1.20 bits per heavy atom. The summed E-state index contributed by atoms with van der Waals surface area (Å²) in [4.78, 5) is 12.3. The second-order valence-corrected chi connectivity index (χ2v) is 8.09. The van der Waals surface area contributed by atoms with Gasteiger partial charge in [0.2, 0.25) is 11.7 Å². The number of hydrogen-bond donors (Lipinski definition) is 1. The molecule has 1 aromatic rings. The van der Waals surface area contributed by atoms with Crippen LogP contribution < -0.4 is 5.32 Å². The summed E-state index contributed by atoms with van der Waals surface area (Å²) in [6.45, 7) is 0. The van der Waals surface area contributed by atoms with E-state index in [0.29, 0.717) is 17.8 Å². The number of carbonyl (C=O) groups excluding carboxylic acids is 1. The van der Waals surface area contributed by atoms with Gasteiger partial charge in [0.1, 0.15) is 5.69 Å². The van der Waals surface area contributed by atoms with E-state index in [1.165, 1.54) is 19.3 Å². The van der Waals surface area contributed by atoms with Gasteiger partial charge in [0.25, 0.3) is 0 Å². The second-order valence-electron chi connectivity index (χ2n) is 8.09. The van der Waals surface area contributed by atoms with E-state index < -0.39 is 40.7 Å². The van der Waals surface area contributed by atoms with Gasteiger partial charge in [-0.15, -0.1) is 0 Å². The van der Waals surface area contributed by atoms with Crippen molar-refractivity contribution >= 4 is 11.6 Å². The molecule has 7 heteroatoms. The lowest BCUT2D eigenvalue weighted by atomic mass is 9.49. The Morgan fingerprint density at radius 1 is 0.800 bits per heavy atom. The molecule has 0 aliphatic heterocycles. The Bertz CT molecular complexity index is 683. The summed E-state index contributed by atoms with van der Waals surface area (Å²) in [7, 11) is 0. The van der Waals surface area contributed by atoms with Crippen LogP contribution in [-0.2, 0) is 4.79 Å². The summed E-state index contributed by atoms with van der Waals surface area (Å²) in [5.41, 5.74) is -1.45. The predicted molar refractivity (Wildman–Crippen MR) is 80.1 cm³/mol. The first kappa shape index (κ1) is 16.8. The third-order valence-corrected chi connectivity index (χ3v) is 6.17. The van der Waals surface area contributed by atoms with Crippen LogP contribution in [0.25, 0.3) is 0 Å². The van der Waals surface area contributed by atoms with Crippen molar-refractivity contribution in [3.63, 3.8) is 0 Å². The predicted octanol–water partition coefficient (Wildman–Crippen LogP) is 4.93. The van der Waals surface area contributed by atoms with Crippen LogP contribution in [0.5, 0.6) is 0 Å². The van der Waals surface area contributed by atoms with Crippen LogP contribution in [0.4, 0.5) is 27.6 Å². The maximum absolute atomic E-state index is 13.7. The van der Waals surface area contributed by atoms with Crippen molar-refractivity contribution in [2.24, 2.45) is 23.2 Å². The normalized spacial score (nSPS) is 32.9. The molecule has 136 valence electrons. The van der Waals surface area contributed by atoms with E-state index >= 15 is 0 Å². The Labute approximate surface area is 141 Å². The third-order valence-electron chi connectivity index (χ3n) is 6.17. The highest BCUT2D eigenvalue weighted by Crippen LogP contribution is 2.61. The number of hydrogen-bond acceptors (Lipinski definition) is 1. The molecule has 2 nitrogen and oxygen atoms in total. The average molecular weight is 359 g/mol. The summed E-state index contributed by atoms with van der Waals surface area (Å²) in [6, 6.07) is 0. The molecule has 0 saturated heterocycles. The highest BCUT2D eigenvalue weighted by atomic mass is 19.2. The fourth-order valence-electron chi connectivity index (χ4n) is 5.75. The van der Waals surface area contributed by atoms with E-state index in [1.807, 2.05) is 5.32 Å². The molecule has 1 aromatic carbocycles. The van der Waals surface area contributed by atoms with Gasteiger partial charge in [-0.05, 0) is 61.7 Å². The Morgan fingerprint density at radius 3 is 1.64 bits per heavy atom. The maximum Gasteiger partial charge on any atom is 0.225 e. The summed E-state index contributed by atoms with van der Waals surface area (Å²) < 4.78 is 67.0. The molecule has 1 N–H and O–H groups in total. The fourth-order valence-corrected chi connectivity index (χ4v) is 5.75. The van der Waals surface area contributed by atoms with E-state index in [1.54, 1.807) is 0 Å². The summed E-state index contributed by atoms with van der Waals surface area (Å²) in [5, 5.41) is 1.93. The molecule has 0 heterocycles.